The molecule has 1 saturated heterocycles. The summed E-state index contributed by atoms with van der Waals surface area (Å²) in [7, 11) is 0. The Morgan fingerprint density at radius 1 is 0.545 bits per heavy atom. The molecule has 0 atom stereocenters. The van der Waals surface area contributed by atoms with Crippen LogP contribution in [0.25, 0.3) is 0 Å². The molecule has 22 heavy (non-hydrogen) atoms. The van der Waals surface area contributed by atoms with Crippen molar-refractivity contribution < 1.29 is 43.9 Å². The molecule has 2 aliphatic rings. The van der Waals surface area contributed by atoms with Crippen LogP contribution < -0.4 is 0 Å². The molecule has 1 nitrogen and oxygen atoms in total. The number of likely N-dealkylation sites (tertiary alicyclic amines) is 1. The molecular formula is C11H11F10N. The van der Waals surface area contributed by atoms with Gasteiger partial charge in [0.2, 0.25) is 0 Å². The molecule has 0 aromatic heterocycles. The standard InChI is InChI=1S/C11H11F10N/c12-7(13)8(14,15)10(18,19)22(6-4-2-1-3-5-6)11(20,21)9(7,16)17/h6H,1-5H2. The van der Waals surface area contributed by atoms with E-state index < -0.39 is 53.6 Å². The Morgan fingerprint density at radius 2 is 0.909 bits per heavy atom. The van der Waals surface area contributed by atoms with Crippen LogP contribution >= 0.6 is 0 Å². The van der Waals surface area contributed by atoms with Gasteiger partial charge in [0.25, 0.3) is 0 Å². The predicted octanol–water partition coefficient (Wildman–Crippen LogP) is 4.73. The Labute approximate surface area is 118 Å². The van der Waals surface area contributed by atoms with Crippen LogP contribution in [0, 0.1) is 0 Å². The molecule has 0 unspecified atom stereocenters. The zero-order valence-corrected chi connectivity index (χ0v) is 10.8. The number of hydrogen-bond donors (Lipinski definition) is 0. The molecule has 130 valence electrons. The van der Waals surface area contributed by atoms with Gasteiger partial charge in [-0.1, -0.05) is 19.3 Å². The van der Waals surface area contributed by atoms with Crippen molar-refractivity contribution in [2.75, 3.05) is 0 Å². The maximum absolute atomic E-state index is 13.6. The highest BCUT2D eigenvalue weighted by Gasteiger charge is 2.95. The van der Waals surface area contributed by atoms with E-state index in [1.807, 2.05) is 0 Å². The molecule has 1 aliphatic carbocycles. The van der Waals surface area contributed by atoms with Crippen LogP contribution in [-0.4, -0.2) is 40.8 Å². The minimum Gasteiger partial charge on any atom is -0.192 e. The van der Waals surface area contributed by atoms with Gasteiger partial charge in [0.1, 0.15) is 0 Å². The number of nitrogens with zero attached hydrogens (tertiary/aromatic N) is 1. The highest BCUT2D eigenvalue weighted by Crippen LogP contribution is 2.65. The molecular weight excluding hydrogens is 336 g/mol. The van der Waals surface area contributed by atoms with Gasteiger partial charge < -0.3 is 0 Å². The third kappa shape index (κ3) is 1.83. The fourth-order valence-electron chi connectivity index (χ4n) is 2.85. The summed E-state index contributed by atoms with van der Waals surface area (Å²) < 4.78 is 134. The summed E-state index contributed by atoms with van der Waals surface area (Å²) in [5.41, 5.74) is 0. The van der Waals surface area contributed by atoms with Crippen molar-refractivity contribution in [1.82, 2.24) is 4.90 Å². The molecule has 0 radical (unpaired) electrons. The van der Waals surface area contributed by atoms with Crippen molar-refractivity contribution in [3.63, 3.8) is 0 Å². The molecule has 1 heterocycles. The SMILES string of the molecule is FC1(F)N(C2CCCCC2)C(F)(F)C(F)(F)C(F)(F)C1(F)F. The largest absolute Gasteiger partial charge is 0.393 e. The molecule has 0 aromatic rings. The predicted molar refractivity (Wildman–Crippen MR) is 53.4 cm³/mol. The van der Waals surface area contributed by atoms with Crippen molar-refractivity contribution in [2.24, 2.45) is 0 Å². The summed E-state index contributed by atoms with van der Waals surface area (Å²) in [6, 6.07) is -14.3. The van der Waals surface area contributed by atoms with Crippen LogP contribution in [0.3, 0.4) is 0 Å². The lowest BCUT2D eigenvalue weighted by Gasteiger charge is -2.54. The van der Waals surface area contributed by atoms with Crippen LogP contribution in [-0.2, 0) is 0 Å². The van der Waals surface area contributed by atoms with Crippen molar-refractivity contribution in [3.05, 3.63) is 0 Å². The number of alkyl halides is 10. The van der Waals surface area contributed by atoms with Crippen LogP contribution in [0.15, 0.2) is 0 Å². The Kier molecular flexibility index (Phi) is 3.71. The third-order valence-electron chi connectivity index (χ3n) is 4.09. The van der Waals surface area contributed by atoms with E-state index in [9.17, 15) is 43.9 Å². The van der Waals surface area contributed by atoms with E-state index in [0.29, 0.717) is 6.42 Å². The first-order chi connectivity index (χ1) is 9.73. The van der Waals surface area contributed by atoms with E-state index in [1.165, 1.54) is 0 Å². The molecule has 1 aliphatic heterocycles. The summed E-state index contributed by atoms with van der Waals surface area (Å²) >= 11 is 0. The quantitative estimate of drug-likeness (QED) is 0.490. The Hall–Kier alpha value is -0.740. The minimum absolute atomic E-state index is 0.0703. The van der Waals surface area contributed by atoms with Gasteiger partial charge in [-0.3, -0.25) is 0 Å². The normalized spacial score (nSPS) is 33.5. The fourth-order valence-corrected chi connectivity index (χ4v) is 2.85. The number of halogens is 10. The van der Waals surface area contributed by atoms with E-state index in [2.05, 4.69) is 0 Å². The summed E-state index contributed by atoms with van der Waals surface area (Å²) in [6.45, 7) is 0. The van der Waals surface area contributed by atoms with E-state index >= 15 is 0 Å². The van der Waals surface area contributed by atoms with Crippen LogP contribution in [0.1, 0.15) is 32.1 Å². The molecule has 1 saturated carbocycles. The molecule has 0 bridgehead atoms. The van der Waals surface area contributed by atoms with Crippen molar-refractivity contribution >= 4 is 0 Å². The summed E-state index contributed by atoms with van der Waals surface area (Å²) in [6.07, 6.45) is -0.405. The van der Waals surface area contributed by atoms with E-state index in [-0.39, 0.29) is 12.8 Å². The van der Waals surface area contributed by atoms with Crippen molar-refractivity contribution in [1.29, 1.82) is 0 Å². The van der Waals surface area contributed by atoms with Gasteiger partial charge in [-0.05, 0) is 12.8 Å². The van der Waals surface area contributed by atoms with Gasteiger partial charge in [0.15, 0.2) is 0 Å². The fraction of sp³-hybridized carbons (Fsp3) is 1.00. The molecule has 0 N–H and O–H groups in total. The highest BCUT2D eigenvalue weighted by atomic mass is 19.4. The van der Waals surface area contributed by atoms with Gasteiger partial charge in [-0.2, -0.15) is 48.8 Å². The smallest absolute Gasteiger partial charge is 0.192 e. The van der Waals surface area contributed by atoms with Crippen molar-refractivity contribution in [3.8, 4) is 0 Å². The van der Waals surface area contributed by atoms with Crippen LogP contribution in [0.2, 0.25) is 0 Å². The first-order valence-electron chi connectivity index (χ1n) is 6.41. The topological polar surface area (TPSA) is 3.24 Å². The van der Waals surface area contributed by atoms with Gasteiger partial charge in [0, 0.05) is 6.04 Å². The zero-order chi connectivity index (χ0) is 17.2. The van der Waals surface area contributed by atoms with Gasteiger partial charge in [-0.25, -0.2) is 0 Å². The lowest BCUT2D eigenvalue weighted by atomic mass is 9.87. The Balaban J connectivity index is 2.60. The third-order valence-corrected chi connectivity index (χ3v) is 4.09. The maximum Gasteiger partial charge on any atom is 0.393 e. The minimum atomic E-state index is -6.89. The summed E-state index contributed by atoms with van der Waals surface area (Å²) in [5.74, 6) is -20.2. The number of piperidine rings is 1. The average Bonchev–Trinajstić information content (AvgIpc) is 2.37. The van der Waals surface area contributed by atoms with Crippen LogP contribution in [0.5, 0.6) is 0 Å². The molecule has 0 amide bonds. The van der Waals surface area contributed by atoms with Crippen molar-refractivity contribution in [2.45, 2.75) is 68.0 Å². The Bertz CT molecular complexity index is 410. The second kappa shape index (κ2) is 4.64. The maximum atomic E-state index is 13.6. The summed E-state index contributed by atoms with van der Waals surface area (Å²) in [4.78, 5) is -1.70. The number of hydrogen-bond acceptors (Lipinski definition) is 1. The molecule has 0 aromatic carbocycles. The van der Waals surface area contributed by atoms with Gasteiger partial charge >= 0.3 is 29.9 Å². The van der Waals surface area contributed by atoms with E-state index in [1.54, 1.807) is 0 Å². The number of rotatable bonds is 1. The van der Waals surface area contributed by atoms with E-state index in [4.69, 9.17) is 0 Å². The monoisotopic (exact) mass is 347 g/mol. The zero-order valence-electron chi connectivity index (χ0n) is 10.8. The molecule has 2 rings (SSSR count). The summed E-state index contributed by atoms with van der Waals surface area (Å²) in [5, 5.41) is 0. The average molecular weight is 347 g/mol. The molecule has 11 heteroatoms. The first-order valence-corrected chi connectivity index (χ1v) is 6.41. The van der Waals surface area contributed by atoms with Gasteiger partial charge in [-0.15, -0.1) is 0 Å². The molecule has 0 spiro atoms. The second-order valence-electron chi connectivity index (χ2n) is 5.47. The lowest BCUT2D eigenvalue weighted by molar-refractivity contribution is -0.512. The highest BCUT2D eigenvalue weighted by molar-refractivity contribution is 5.15. The molecule has 2 fully saturated rings. The lowest BCUT2D eigenvalue weighted by Crippen LogP contribution is -2.83. The first kappa shape index (κ1) is 17.6. The van der Waals surface area contributed by atoms with Crippen LogP contribution in [0.4, 0.5) is 43.9 Å². The van der Waals surface area contributed by atoms with Gasteiger partial charge in [0.05, 0.1) is 0 Å². The second-order valence-corrected chi connectivity index (χ2v) is 5.47. The van der Waals surface area contributed by atoms with E-state index in [0.717, 1.165) is 0 Å². The Morgan fingerprint density at radius 3 is 1.27 bits per heavy atom.